The minimum atomic E-state index is -0.699. The molecule has 138 valence electrons. The first kappa shape index (κ1) is 19.3. The largest absolute Gasteiger partial charge is 0.497 e. The lowest BCUT2D eigenvalue weighted by atomic mass is 10.2. The summed E-state index contributed by atoms with van der Waals surface area (Å²) in [5, 5.41) is 5.44. The van der Waals surface area contributed by atoms with Gasteiger partial charge in [0.1, 0.15) is 18.1 Å². The van der Waals surface area contributed by atoms with Gasteiger partial charge >= 0.3 is 0 Å². The topological polar surface area (TPSA) is 85.9 Å². The molecular weight excluding hydrogens is 336 g/mol. The molecule has 0 aliphatic carbocycles. The van der Waals surface area contributed by atoms with Crippen molar-refractivity contribution < 1.29 is 23.8 Å². The fourth-order valence-corrected chi connectivity index (χ4v) is 2.16. The van der Waals surface area contributed by atoms with Crippen molar-refractivity contribution in [3.05, 3.63) is 48.5 Å². The van der Waals surface area contributed by atoms with Crippen LogP contribution >= 0.6 is 0 Å². The number of carbonyl (C=O) groups is 2. The number of benzene rings is 2. The molecule has 1 atom stereocenters. The van der Waals surface area contributed by atoms with Crippen molar-refractivity contribution in [1.29, 1.82) is 0 Å². The number of rotatable bonds is 8. The molecule has 0 fully saturated rings. The molecule has 0 saturated carbocycles. The Kier molecular flexibility index (Phi) is 6.99. The summed E-state index contributed by atoms with van der Waals surface area (Å²) in [6, 6.07) is 13.8. The van der Waals surface area contributed by atoms with Gasteiger partial charge in [-0.05, 0) is 49.4 Å². The van der Waals surface area contributed by atoms with E-state index in [0.29, 0.717) is 22.9 Å². The third-order valence-corrected chi connectivity index (χ3v) is 3.43. The maximum atomic E-state index is 12.3. The Balaban J connectivity index is 1.94. The highest BCUT2D eigenvalue weighted by Crippen LogP contribution is 2.19. The summed E-state index contributed by atoms with van der Waals surface area (Å²) in [4.78, 5) is 23.9. The number of amides is 2. The van der Waals surface area contributed by atoms with Gasteiger partial charge in [0.05, 0.1) is 7.11 Å². The van der Waals surface area contributed by atoms with Crippen LogP contribution in [0.1, 0.15) is 6.92 Å². The SMILES string of the molecule is COCC(=O)Nc1cccc(NC(=O)C(C)Oc2ccc(OC)cc2)c1. The van der Waals surface area contributed by atoms with Crippen molar-refractivity contribution in [2.24, 2.45) is 0 Å². The van der Waals surface area contributed by atoms with E-state index in [0.717, 1.165) is 0 Å². The number of anilines is 2. The van der Waals surface area contributed by atoms with Crippen LogP contribution in [-0.2, 0) is 14.3 Å². The molecule has 0 aliphatic rings. The van der Waals surface area contributed by atoms with Gasteiger partial charge in [-0.25, -0.2) is 0 Å². The number of ether oxygens (including phenoxy) is 3. The molecule has 0 bridgehead atoms. The minimum absolute atomic E-state index is 0.0384. The molecular formula is C19H22N2O5. The second-order valence-electron chi connectivity index (χ2n) is 5.49. The smallest absolute Gasteiger partial charge is 0.265 e. The molecule has 7 heteroatoms. The number of methoxy groups -OCH3 is 2. The second kappa shape index (κ2) is 9.43. The van der Waals surface area contributed by atoms with Gasteiger partial charge in [-0.3, -0.25) is 9.59 Å². The Morgan fingerprint density at radius 3 is 2.19 bits per heavy atom. The van der Waals surface area contributed by atoms with Gasteiger partial charge in [0.25, 0.3) is 5.91 Å². The first-order valence-electron chi connectivity index (χ1n) is 8.02. The highest BCUT2D eigenvalue weighted by molar-refractivity contribution is 5.96. The summed E-state index contributed by atoms with van der Waals surface area (Å²) in [6.45, 7) is 1.62. The molecule has 0 heterocycles. The summed E-state index contributed by atoms with van der Waals surface area (Å²) >= 11 is 0. The standard InChI is InChI=1S/C19H22N2O5/c1-13(26-17-9-7-16(25-3)8-10-17)19(23)21-15-6-4-5-14(11-15)20-18(22)12-24-2/h4-11,13H,12H2,1-3H3,(H,20,22)(H,21,23). The zero-order chi connectivity index (χ0) is 18.9. The van der Waals surface area contributed by atoms with Gasteiger partial charge < -0.3 is 24.8 Å². The van der Waals surface area contributed by atoms with Crippen LogP contribution < -0.4 is 20.1 Å². The molecule has 0 aliphatic heterocycles. The van der Waals surface area contributed by atoms with E-state index in [1.807, 2.05) is 0 Å². The van der Waals surface area contributed by atoms with E-state index in [1.165, 1.54) is 7.11 Å². The van der Waals surface area contributed by atoms with Crippen LogP contribution in [0.3, 0.4) is 0 Å². The molecule has 2 aromatic carbocycles. The van der Waals surface area contributed by atoms with Gasteiger partial charge in [0.2, 0.25) is 5.91 Å². The molecule has 0 radical (unpaired) electrons. The maximum absolute atomic E-state index is 12.3. The van der Waals surface area contributed by atoms with Crippen molar-refractivity contribution in [3.8, 4) is 11.5 Å². The molecule has 2 N–H and O–H groups in total. The van der Waals surface area contributed by atoms with Gasteiger partial charge in [0.15, 0.2) is 6.10 Å². The van der Waals surface area contributed by atoms with Crippen LogP contribution in [0.4, 0.5) is 11.4 Å². The van der Waals surface area contributed by atoms with E-state index in [1.54, 1.807) is 62.6 Å². The van der Waals surface area contributed by atoms with Gasteiger partial charge in [-0.1, -0.05) is 6.07 Å². The van der Waals surface area contributed by atoms with Crippen LogP contribution in [0.25, 0.3) is 0 Å². The lowest BCUT2D eigenvalue weighted by molar-refractivity contribution is -0.122. The first-order chi connectivity index (χ1) is 12.5. The summed E-state index contributed by atoms with van der Waals surface area (Å²) in [6.07, 6.45) is -0.699. The van der Waals surface area contributed by atoms with Crippen LogP contribution in [0.15, 0.2) is 48.5 Å². The quantitative estimate of drug-likeness (QED) is 0.758. The van der Waals surface area contributed by atoms with E-state index < -0.39 is 6.10 Å². The van der Waals surface area contributed by atoms with Crippen LogP contribution in [0.5, 0.6) is 11.5 Å². The normalized spacial score (nSPS) is 11.3. The van der Waals surface area contributed by atoms with Gasteiger partial charge in [-0.2, -0.15) is 0 Å². The molecule has 1 unspecified atom stereocenters. The number of hydrogen-bond donors (Lipinski definition) is 2. The average Bonchev–Trinajstić information content (AvgIpc) is 2.62. The fraction of sp³-hybridized carbons (Fsp3) is 0.263. The van der Waals surface area contributed by atoms with E-state index >= 15 is 0 Å². The van der Waals surface area contributed by atoms with Crippen molar-refractivity contribution in [3.63, 3.8) is 0 Å². The lowest BCUT2D eigenvalue weighted by Crippen LogP contribution is -2.30. The minimum Gasteiger partial charge on any atom is -0.497 e. The van der Waals surface area contributed by atoms with Crippen molar-refractivity contribution >= 4 is 23.2 Å². The summed E-state index contributed by atoms with van der Waals surface area (Å²) in [7, 11) is 3.03. The maximum Gasteiger partial charge on any atom is 0.265 e. The summed E-state index contributed by atoms with van der Waals surface area (Å²) in [5.74, 6) is 0.698. The average molecular weight is 358 g/mol. The summed E-state index contributed by atoms with van der Waals surface area (Å²) < 4.78 is 15.5. The van der Waals surface area contributed by atoms with Crippen molar-refractivity contribution in [1.82, 2.24) is 0 Å². The predicted octanol–water partition coefficient (Wildman–Crippen LogP) is 2.69. The van der Waals surface area contributed by atoms with Crippen LogP contribution in [0, 0.1) is 0 Å². The third-order valence-electron chi connectivity index (χ3n) is 3.43. The Morgan fingerprint density at radius 2 is 1.58 bits per heavy atom. The van der Waals surface area contributed by atoms with E-state index in [2.05, 4.69) is 10.6 Å². The first-order valence-corrected chi connectivity index (χ1v) is 8.02. The highest BCUT2D eigenvalue weighted by Gasteiger charge is 2.15. The van der Waals surface area contributed by atoms with Gasteiger partial charge in [-0.15, -0.1) is 0 Å². The molecule has 26 heavy (non-hydrogen) atoms. The second-order valence-corrected chi connectivity index (χ2v) is 5.49. The van der Waals surface area contributed by atoms with Crippen molar-refractivity contribution in [2.45, 2.75) is 13.0 Å². The Labute approximate surface area is 152 Å². The van der Waals surface area contributed by atoms with Crippen molar-refractivity contribution in [2.75, 3.05) is 31.5 Å². The Bertz CT molecular complexity index is 746. The van der Waals surface area contributed by atoms with E-state index in [-0.39, 0.29) is 18.4 Å². The number of hydrogen-bond acceptors (Lipinski definition) is 5. The summed E-state index contributed by atoms with van der Waals surface area (Å²) in [5.41, 5.74) is 1.11. The number of nitrogens with one attached hydrogen (secondary N) is 2. The highest BCUT2D eigenvalue weighted by atomic mass is 16.5. The Hall–Kier alpha value is -3.06. The zero-order valence-electron chi connectivity index (χ0n) is 14.9. The molecule has 2 aromatic rings. The molecule has 2 amide bonds. The molecule has 0 aromatic heterocycles. The van der Waals surface area contributed by atoms with Crippen LogP contribution in [-0.4, -0.2) is 38.7 Å². The number of carbonyl (C=O) groups excluding carboxylic acids is 2. The van der Waals surface area contributed by atoms with Gasteiger partial charge in [0, 0.05) is 18.5 Å². The zero-order valence-corrected chi connectivity index (χ0v) is 14.9. The lowest BCUT2D eigenvalue weighted by Gasteiger charge is -2.15. The Morgan fingerprint density at radius 1 is 0.962 bits per heavy atom. The van der Waals surface area contributed by atoms with E-state index in [4.69, 9.17) is 14.2 Å². The van der Waals surface area contributed by atoms with E-state index in [9.17, 15) is 9.59 Å². The molecule has 7 nitrogen and oxygen atoms in total. The predicted molar refractivity (Wildman–Crippen MR) is 98.7 cm³/mol. The molecule has 0 spiro atoms. The third kappa shape index (κ3) is 5.78. The fourth-order valence-electron chi connectivity index (χ4n) is 2.16. The molecule has 2 rings (SSSR count). The monoisotopic (exact) mass is 358 g/mol. The van der Waals surface area contributed by atoms with Crippen LogP contribution in [0.2, 0.25) is 0 Å². The molecule has 0 saturated heterocycles.